The lowest BCUT2D eigenvalue weighted by molar-refractivity contribution is 0.0962. The predicted octanol–water partition coefficient (Wildman–Crippen LogP) is 3.54. The van der Waals surface area contributed by atoms with Crippen LogP contribution in [0.1, 0.15) is 10.4 Å². The summed E-state index contributed by atoms with van der Waals surface area (Å²) in [7, 11) is 0. The van der Waals surface area contributed by atoms with Crippen LogP contribution in [-0.2, 0) is 0 Å². The maximum atomic E-state index is 12.3. The lowest BCUT2D eigenvalue weighted by atomic mass is 10.1. The van der Waals surface area contributed by atoms with Crippen LogP contribution in [0.4, 0.5) is 5.69 Å². The van der Waals surface area contributed by atoms with Crippen molar-refractivity contribution in [2.45, 2.75) is 0 Å². The van der Waals surface area contributed by atoms with Gasteiger partial charge in [0.1, 0.15) is 0 Å². The molecule has 4 rings (SSSR count). The van der Waals surface area contributed by atoms with Crippen LogP contribution in [0.2, 0.25) is 0 Å². The molecule has 0 atom stereocenters. The molecule has 2 heterocycles. The first-order valence-electron chi connectivity index (χ1n) is 7.57. The Balaban J connectivity index is 1.75. The normalized spacial score (nSPS) is 10.7. The van der Waals surface area contributed by atoms with Crippen LogP contribution in [0.3, 0.4) is 0 Å². The summed E-state index contributed by atoms with van der Waals surface area (Å²) in [6, 6.07) is 19.1. The van der Waals surface area contributed by atoms with Gasteiger partial charge in [-0.3, -0.25) is 20.6 Å². The lowest BCUT2D eigenvalue weighted by Crippen LogP contribution is -2.29. The largest absolute Gasteiger partial charge is 0.297 e. The second kappa shape index (κ2) is 5.96. The van der Waals surface area contributed by atoms with Crippen molar-refractivity contribution in [2.24, 2.45) is 0 Å². The molecule has 0 saturated heterocycles. The van der Waals surface area contributed by atoms with E-state index in [9.17, 15) is 4.79 Å². The van der Waals surface area contributed by atoms with Gasteiger partial charge in [0.05, 0.1) is 22.3 Å². The number of carbonyl (C=O) groups excluding carboxylic acids is 1. The molecule has 0 radical (unpaired) electrons. The summed E-state index contributed by atoms with van der Waals surface area (Å²) in [5.74, 6) is -0.243. The second-order valence-electron chi connectivity index (χ2n) is 5.34. The second-order valence-corrected chi connectivity index (χ2v) is 5.34. The molecular weight excluding hydrogens is 300 g/mol. The van der Waals surface area contributed by atoms with Gasteiger partial charge in [-0.25, -0.2) is 4.98 Å². The molecule has 2 aromatic heterocycles. The maximum absolute atomic E-state index is 12.3. The number of amides is 1. The fourth-order valence-electron chi connectivity index (χ4n) is 2.66. The number of aromatic nitrogens is 2. The molecule has 5 heteroatoms. The molecule has 2 aromatic carbocycles. The van der Waals surface area contributed by atoms with Crippen molar-refractivity contribution in [3.05, 3.63) is 78.6 Å². The minimum Gasteiger partial charge on any atom is -0.297 e. The molecule has 0 bridgehead atoms. The van der Waals surface area contributed by atoms with Gasteiger partial charge in [-0.2, -0.15) is 0 Å². The molecule has 0 aliphatic heterocycles. The Bertz CT molecular complexity index is 977. The average Bonchev–Trinajstić information content (AvgIpc) is 2.65. The quantitative estimate of drug-likeness (QED) is 0.448. The fraction of sp³-hybridized carbons (Fsp3) is 0. The van der Waals surface area contributed by atoms with Gasteiger partial charge in [-0.05, 0) is 24.3 Å². The van der Waals surface area contributed by atoms with Gasteiger partial charge in [-0.15, -0.1) is 0 Å². The number of rotatable bonds is 3. The van der Waals surface area contributed by atoms with Gasteiger partial charge in [0.15, 0.2) is 0 Å². The first kappa shape index (κ1) is 14.1. The SMILES string of the molecule is O=C(NNc1c2ccccc2nc2ccccc12)c1cccnc1. The standard InChI is InChI=1S/C19H14N4O/c24-19(13-6-5-11-20-12-13)23-22-18-14-7-1-3-9-16(14)21-17-10-4-2-8-15(17)18/h1-12H,(H,21,22)(H,23,24). The van der Waals surface area contributed by atoms with Crippen LogP contribution >= 0.6 is 0 Å². The van der Waals surface area contributed by atoms with E-state index in [1.54, 1.807) is 18.3 Å². The zero-order valence-corrected chi connectivity index (χ0v) is 12.7. The van der Waals surface area contributed by atoms with Gasteiger partial charge >= 0.3 is 0 Å². The number of hydrogen-bond acceptors (Lipinski definition) is 4. The molecule has 1 amide bonds. The molecule has 2 N–H and O–H groups in total. The third-order valence-corrected chi connectivity index (χ3v) is 3.81. The van der Waals surface area contributed by atoms with Crippen LogP contribution in [0.15, 0.2) is 73.1 Å². The third-order valence-electron chi connectivity index (χ3n) is 3.81. The lowest BCUT2D eigenvalue weighted by Gasteiger charge is -2.14. The van der Waals surface area contributed by atoms with E-state index in [0.717, 1.165) is 27.5 Å². The number of nitrogens with one attached hydrogen (secondary N) is 2. The van der Waals surface area contributed by atoms with E-state index in [2.05, 4.69) is 20.8 Å². The molecule has 0 unspecified atom stereocenters. The van der Waals surface area contributed by atoms with Crippen molar-refractivity contribution < 1.29 is 4.79 Å². The monoisotopic (exact) mass is 314 g/mol. The number of nitrogens with zero attached hydrogens (tertiary/aromatic N) is 2. The van der Waals surface area contributed by atoms with Gasteiger partial charge in [-0.1, -0.05) is 36.4 Å². The van der Waals surface area contributed by atoms with E-state index in [4.69, 9.17) is 0 Å². The number of fused-ring (bicyclic) bond motifs is 2. The Hall–Kier alpha value is -3.47. The molecule has 24 heavy (non-hydrogen) atoms. The van der Waals surface area contributed by atoms with Crippen molar-refractivity contribution in [3.63, 3.8) is 0 Å². The Morgan fingerprint density at radius 1 is 0.833 bits per heavy atom. The summed E-state index contributed by atoms with van der Waals surface area (Å²) in [4.78, 5) is 20.9. The van der Waals surface area contributed by atoms with E-state index in [1.807, 2.05) is 48.5 Å². The van der Waals surface area contributed by atoms with E-state index in [-0.39, 0.29) is 5.91 Å². The number of hydrazine groups is 1. The van der Waals surface area contributed by atoms with Crippen LogP contribution < -0.4 is 10.9 Å². The Morgan fingerprint density at radius 2 is 1.50 bits per heavy atom. The average molecular weight is 314 g/mol. The van der Waals surface area contributed by atoms with Gasteiger partial charge < -0.3 is 0 Å². The number of para-hydroxylation sites is 2. The Morgan fingerprint density at radius 3 is 2.12 bits per heavy atom. The van der Waals surface area contributed by atoms with E-state index in [1.165, 1.54) is 6.20 Å². The highest BCUT2D eigenvalue weighted by Crippen LogP contribution is 2.29. The van der Waals surface area contributed by atoms with Crippen LogP contribution in [-0.4, -0.2) is 15.9 Å². The number of hydrogen-bond donors (Lipinski definition) is 2. The summed E-state index contributed by atoms with van der Waals surface area (Å²) in [5, 5.41) is 1.89. The molecule has 0 spiro atoms. The zero-order valence-electron chi connectivity index (χ0n) is 12.7. The summed E-state index contributed by atoms with van der Waals surface area (Å²) < 4.78 is 0. The van der Waals surface area contributed by atoms with Crippen LogP contribution in [0.5, 0.6) is 0 Å². The van der Waals surface area contributed by atoms with Crippen molar-refractivity contribution >= 4 is 33.4 Å². The molecule has 0 aliphatic carbocycles. The highest BCUT2D eigenvalue weighted by molar-refractivity contribution is 6.08. The third kappa shape index (κ3) is 2.52. The molecular formula is C19H14N4O. The molecule has 116 valence electrons. The topological polar surface area (TPSA) is 66.9 Å². The van der Waals surface area contributed by atoms with Gasteiger partial charge in [0.2, 0.25) is 0 Å². The van der Waals surface area contributed by atoms with Gasteiger partial charge in [0.25, 0.3) is 5.91 Å². The van der Waals surface area contributed by atoms with E-state index < -0.39 is 0 Å². The highest BCUT2D eigenvalue weighted by atomic mass is 16.2. The molecule has 4 aromatic rings. The molecule has 0 fully saturated rings. The highest BCUT2D eigenvalue weighted by Gasteiger charge is 2.10. The number of carbonyl (C=O) groups is 1. The molecule has 0 saturated carbocycles. The summed E-state index contributed by atoms with van der Waals surface area (Å²) in [6.45, 7) is 0. The number of anilines is 1. The van der Waals surface area contributed by atoms with Crippen molar-refractivity contribution in [2.75, 3.05) is 5.43 Å². The zero-order chi connectivity index (χ0) is 16.4. The summed E-state index contributed by atoms with van der Waals surface area (Å²) in [5.41, 5.74) is 8.86. The fourth-order valence-corrected chi connectivity index (χ4v) is 2.66. The van der Waals surface area contributed by atoms with E-state index >= 15 is 0 Å². The van der Waals surface area contributed by atoms with Crippen molar-refractivity contribution in [1.29, 1.82) is 0 Å². The minimum absolute atomic E-state index is 0.243. The molecule has 0 aliphatic rings. The molecule has 5 nitrogen and oxygen atoms in total. The summed E-state index contributed by atoms with van der Waals surface area (Å²) in [6.07, 6.45) is 3.16. The van der Waals surface area contributed by atoms with Crippen molar-refractivity contribution in [3.8, 4) is 0 Å². The predicted molar refractivity (Wildman–Crippen MR) is 94.6 cm³/mol. The smallest absolute Gasteiger partial charge is 0.271 e. The first-order valence-corrected chi connectivity index (χ1v) is 7.57. The van der Waals surface area contributed by atoms with Crippen molar-refractivity contribution in [1.82, 2.24) is 15.4 Å². The van der Waals surface area contributed by atoms with Crippen LogP contribution in [0, 0.1) is 0 Å². The Labute approximate surface area is 138 Å². The number of benzene rings is 2. The minimum atomic E-state index is -0.243. The Kier molecular flexibility index (Phi) is 3.51. The van der Waals surface area contributed by atoms with Gasteiger partial charge in [0, 0.05) is 23.2 Å². The maximum Gasteiger partial charge on any atom is 0.271 e. The number of pyridine rings is 2. The van der Waals surface area contributed by atoms with E-state index in [0.29, 0.717) is 5.56 Å². The first-order chi connectivity index (χ1) is 11.8. The van der Waals surface area contributed by atoms with Crippen LogP contribution in [0.25, 0.3) is 21.8 Å². The summed E-state index contributed by atoms with van der Waals surface area (Å²) >= 11 is 0.